The molecule has 108 valence electrons. The summed E-state index contributed by atoms with van der Waals surface area (Å²) in [6, 6.07) is 3.96. The van der Waals surface area contributed by atoms with Crippen LogP contribution >= 0.6 is 15.9 Å². The number of hydrogen-bond donors (Lipinski definition) is 2. The summed E-state index contributed by atoms with van der Waals surface area (Å²) in [5.41, 5.74) is 0. The molecule has 2 N–H and O–H groups in total. The van der Waals surface area contributed by atoms with Crippen LogP contribution in [-0.4, -0.2) is 39.7 Å². The minimum Gasteiger partial charge on any atom is -0.496 e. The number of aliphatic hydroxyl groups is 1. The number of methoxy groups -OCH3 is 1. The fraction of sp³-hybridized carbons (Fsp3) is 0.400. The van der Waals surface area contributed by atoms with Crippen molar-refractivity contribution in [2.24, 2.45) is 0 Å². The maximum atomic E-state index is 12.1. The van der Waals surface area contributed by atoms with Crippen molar-refractivity contribution in [3.05, 3.63) is 22.7 Å². The van der Waals surface area contributed by atoms with Crippen LogP contribution in [0, 0.1) is 0 Å². The van der Waals surface area contributed by atoms with Crippen molar-refractivity contribution in [1.82, 2.24) is 4.72 Å². The lowest BCUT2D eigenvalue weighted by Gasteiger charge is -2.12. The Balaban J connectivity index is 2.86. The third-order valence-electron chi connectivity index (χ3n) is 2.21. The van der Waals surface area contributed by atoms with Gasteiger partial charge in [-0.1, -0.05) is 0 Å². The Morgan fingerprint density at radius 3 is 2.58 bits per heavy atom. The second kappa shape index (κ2) is 6.60. The van der Waals surface area contributed by atoms with Crippen molar-refractivity contribution >= 4 is 26.0 Å². The van der Waals surface area contributed by atoms with Gasteiger partial charge in [0.1, 0.15) is 11.9 Å². The molecule has 0 heterocycles. The summed E-state index contributed by atoms with van der Waals surface area (Å²) in [6.07, 6.45) is -5.05. The number of alkyl halides is 2. The summed E-state index contributed by atoms with van der Waals surface area (Å²) in [7, 11) is -2.54. The van der Waals surface area contributed by atoms with Gasteiger partial charge in [-0.25, -0.2) is 21.9 Å². The first-order valence-corrected chi connectivity index (χ1v) is 7.35. The third kappa shape index (κ3) is 4.37. The lowest BCUT2D eigenvalue weighted by Crippen LogP contribution is -2.35. The minimum atomic E-state index is -3.97. The Labute approximate surface area is 117 Å². The molecule has 1 aromatic carbocycles. The molecule has 1 rings (SSSR count). The number of benzene rings is 1. The van der Waals surface area contributed by atoms with Gasteiger partial charge in [0.25, 0.3) is 6.43 Å². The highest BCUT2D eigenvalue weighted by molar-refractivity contribution is 9.10. The number of nitrogens with one attached hydrogen (secondary N) is 1. The molecule has 0 spiro atoms. The topological polar surface area (TPSA) is 75.6 Å². The van der Waals surface area contributed by atoms with Crippen molar-refractivity contribution in [2.75, 3.05) is 13.7 Å². The molecule has 1 atom stereocenters. The van der Waals surface area contributed by atoms with Crippen LogP contribution in [0.5, 0.6) is 5.75 Å². The van der Waals surface area contributed by atoms with Gasteiger partial charge in [-0.05, 0) is 34.1 Å². The van der Waals surface area contributed by atoms with Crippen LogP contribution in [0.2, 0.25) is 0 Å². The van der Waals surface area contributed by atoms with Gasteiger partial charge in [-0.2, -0.15) is 0 Å². The van der Waals surface area contributed by atoms with E-state index in [9.17, 15) is 17.2 Å². The van der Waals surface area contributed by atoms with E-state index >= 15 is 0 Å². The van der Waals surface area contributed by atoms with Crippen molar-refractivity contribution in [1.29, 1.82) is 0 Å². The van der Waals surface area contributed by atoms with E-state index in [1.54, 1.807) is 0 Å². The molecule has 0 amide bonds. The number of hydrogen-bond acceptors (Lipinski definition) is 4. The predicted octanol–water partition coefficient (Wildman–Crippen LogP) is 1.36. The van der Waals surface area contributed by atoms with Crippen LogP contribution in [0.25, 0.3) is 0 Å². The van der Waals surface area contributed by atoms with Gasteiger partial charge >= 0.3 is 0 Å². The number of sulfonamides is 1. The monoisotopic (exact) mass is 359 g/mol. The normalized spacial score (nSPS) is 13.6. The van der Waals surface area contributed by atoms with E-state index in [0.717, 1.165) is 0 Å². The smallest absolute Gasteiger partial charge is 0.265 e. The van der Waals surface area contributed by atoms with Gasteiger partial charge < -0.3 is 9.84 Å². The summed E-state index contributed by atoms with van der Waals surface area (Å²) in [6.45, 7) is -0.760. The van der Waals surface area contributed by atoms with Gasteiger partial charge in [0.2, 0.25) is 10.0 Å². The molecule has 0 aliphatic rings. The van der Waals surface area contributed by atoms with Gasteiger partial charge in [0.05, 0.1) is 16.5 Å². The average molecular weight is 360 g/mol. The third-order valence-corrected chi connectivity index (χ3v) is 4.25. The van der Waals surface area contributed by atoms with E-state index < -0.39 is 29.1 Å². The van der Waals surface area contributed by atoms with E-state index in [2.05, 4.69) is 15.9 Å². The average Bonchev–Trinajstić information content (AvgIpc) is 2.35. The standard InChI is InChI=1S/C10H12BrF2NO4S/c1-18-9-3-2-6(4-7(9)11)19(16,17)14-5-8(15)10(12)13/h2-4,8,10,14-15H,5H2,1H3. The molecule has 1 aromatic rings. The van der Waals surface area contributed by atoms with Gasteiger partial charge in [-0.3, -0.25) is 0 Å². The fourth-order valence-electron chi connectivity index (χ4n) is 1.18. The number of halogens is 3. The highest BCUT2D eigenvalue weighted by atomic mass is 79.9. The van der Waals surface area contributed by atoms with E-state index in [0.29, 0.717) is 10.2 Å². The van der Waals surface area contributed by atoms with E-state index in [4.69, 9.17) is 9.84 Å². The minimum absolute atomic E-state index is 0.123. The Morgan fingerprint density at radius 2 is 2.11 bits per heavy atom. The molecule has 0 aromatic heterocycles. The Kier molecular flexibility index (Phi) is 5.65. The molecule has 1 unspecified atom stereocenters. The first kappa shape index (κ1) is 16.3. The molecule has 0 saturated carbocycles. The summed E-state index contributed by atoms with van der Waals surface area (Å²) >= 11 is 3.12. The zero-order valence-electron chi connectivity index (χ0n) is 9.81. The first-order chi connectivity index (χ1) is 8.77. The lowest BCUT2D eigenvalue weighted by molar-refractivity contribution is -0.000451. The van der Waals surface area contributed by atoms with Crippen LogP contribution in [0.3, 0.4) is 0 Å². The van der Waals surface area contributed by atoms with E-state index in [1.165, 1.54) is 25.3 Å². The van der Waals surface area contributed by atoms with Crippen molar-refractivity contribution in [3.63, 3.8) is 0 Å². The van der Waals surface area contributed by atoms with Crippen LogP contribution in [0.1, 0.15) is 0 Å². The summed E-state index contributed by atoms with van der Waals surface area (Å²) in [5, 5.41) is 8.87. The molecule has 5 nitrogen and oxygen atoms in total. The molecule has 0 fully saturated rings. The molecular weight excluding hydrogens is 348 g/mol. The Bertz CT molecular complexity index is 538. The largest absolute Gasteiger partial charge is 0.496 e. The highest BCUT2D eigenvalue weighted by Crippen LogP contribution is 2.27. The number of aliphatic hydroxyl groups excluding tert-OH is 1. The van der Waals surface area contributed by atoms with Crippen LogP contribution in [0.4, 0.5) is 8.78 Å². The van der Waals surface area contributed by atoms with Crippen molar-refractivity contribution in [2.45, 2.75) is 17.4 Å². The zero-order chi connectivity index (χ0) is 14.6. The zero-order valence-corrected chi connectivity index (χ0v) is 12.2. The first-order valence-electron chi connectivity index (χ1n) is 5.07. The van der Waals surface area contributed by atoms with Crippen molar-refractivity contribution < 1.29 is 27.0 Å². The lowest BCUT2D eigenvalue weighted by atomic mass is 10.3. The second-order valence-electron chi connectivity index (χ2n) is 3.55. The SMILES string of the molecule is COc1ccc(S(=O)(=O)NCC(O)C(F)F)cc1Br. The van der Waals surface area contributed by atoms with Crippen molar-refractivity contribution in [3.8, 4) is 5.75 Å². The van der Waals surface area contributed by atoms with E-state index in [-0.39, 0.29) is 4.90 Å². The maximum absolute atomic E-state index is 12.1. The molecule has 0 bridgehead atoms. The molecule has 0 aliphatic heterocycles. The van der Waals surface area contributed by atoms with Gasteiger partial charge in [0.15, 0.2) is 0 Å². The van der Waals surface area contributed by atoms with Crippen LogP contribution in [-0.2, 0) is 10.0 Å². The highest BCUT2D eigenvalue weighted by Gasteiger charge is 2.21. The van der Waals surface area contributed by atoms with Gasteiger partial charge in [0, 0.05) is 6.54 Å². The summed E-state index contributed by atoms with van der Waals surface area (Å²) < 4.78 is 54.9. The molecule has 19 heavy (non-hydrogen) atoms. The maximum Gasteiger partial charge on any atom is 0.265 e. The predicted molar refractivity (Wildman–Crippen MR) is 67.9 cm³/mol. The molecule has 0 aliphatic carbocycles. The molecule has 0 radical (unpaired) electrons. The molecule has 9 heteroatoms. The summed E-state index contributed by atoms with van der Waals surface area (Å²) in [4.78, 5) is -0.123. The molecule has 0 saturated heterocycles. The number of rotatable bonds is 6. The quantitative estimate of drug-likeness (QED) is 0.804. The Hall–Kier alpha value is -0.770. The molecular formula is C10H12BrF2NO4S. The number of ether oxygens (including phenoxy) is 1. The summed E-state index contributed by atoms with van der Waals surface area (Å²) in [5.74, 6) is 0.437. The van der Waals surface area contributed by atoms with Crippen LogP contribution in [0.15, 0.2) is 27.6 Å². The van der Waals surface area contributed by atoms with E-state index in [1.807, 2.05) is 4.72 Å². The van der Waals surface area contributed by atoms with Crippen LogP contribution < -0.4 is 9.46 Å². The Morgan fingerprint density at radius 1 is 1.47 bits per heavy atom. The van der Waals surface area contributed by atoms with Gasteiger partial charge in [-0.15, -0.1) is 0 Å². The second-order valence-corrected chi connectivity index (χ2v) is 6.17. The fourth-order valence-corrected chi connectivity index (χ4v) is 2.95.